The molecule has 8 aromatic rings. The zero-order valence-electron chi connectivity index (χ0n) is 22.0. The molecular formula is C37H23N3O. The molecule has 0 N–H and O–H groups in total. The van der Waals surface area contributed by atoms with Crippen molar-refractivity contribution >= 4 is 32.7 Å². The third-order valence-corrected chi connectivity index (χ3v) is 7.53. The average Bonchev–Trinajstić information content (AvgIpc) is 3.44. The summed E-state index contributed by atoms with van der Waals surface area (Å²) < 4.78 is 6.09. The molecule has 41 heavy (non-hydrogen) atoms. The van der Waals surface area contributed by atoms with Gasteiger partial charge in [0.15, 0.2) is 17.5 Å². The highest BCUT2D eigenvalue weighted by molar-refractivity contribution is 6.19. The van der Waals surface area contributed by atoms with E-state index >= 15 is 0 Å². The highest BCUT2D eigenvalue weighted by Crippen LogP contribution is 2.36. The summed E-state index contributed by atoms with van der Waals surface area (Å²) in [6, 6.07) is 47.6. The van der Waals surface area contributed by atoms with Crippen molar-refractivity contribution in [3.8, 4) is 45.3 Å². The van der Waals surface area contributed by atoms with Crippen LogP contribution in [0.15, 0.2) is 144 Å². The fraction of sp³-hybridized carbons (Fsp3) is 0. The van der Waals surface area contributed by atoms with Crippen molar-refractivity contribution in [1.82, 2.24) is 15.0 Å². The number of fused-ring (bicyclic) bond motifs is 5. The summed E-state index contributed by atoms with van der Waals surface area (Å²) in [6.07, 6.45) is 0. The molecule has 4 heteroatoms. The SMILES string of the molecule is c1ccc(-c2nc(-c3ccccc3)nc(-c3ccc(-c4ccc5c(ccc6oc7ccccc7c65)c4)cc3)n2)cc1. The Morgan fingerprint density at radius 1 is 0.366 bits per heavy atom. The molecule has 2 heterocycles. The van der Waals surface area contributed by atoms with Crippen LogP contribution >= 0.6 is 0 Å². The average molecular weight is 526 g/mol. The van der Waals surface area contributed by atoms with E-state index in [9.17, 15) is 0 Å². The standard InChI is InChI=1S/C37H23N3O/c1-3-9-25(10-4-1)35-38-36(26-11-5-2-6-12-26)40-37(39-35)27-17-15-24(16-18-27)28-19-21-30-29(23-28)20-22-33-34(30)31-13-7-8-14-32(31)41-33/h1-23H. The molecule has 192 valence electrons. The molecule has 0 spiro atoms. The lowest BCUT2D eigenvalue weighted by Crippen LogP contribution is -2.00. The van der Waals surface area contributed by atoms with Crippen molar-refractivity contribution in [2.24, 2.45) is 0 Å². The van der Waals surface area contributed by atoms with E-state index in [1.165, 1.54) is 16.2 Å². The summed E-state index contributed by atoms with van der Waals surface area (Å²) in [5, 5.41) is 4.69. The topological polar surface area (TPSA) is 51.8 Å². The molecule has 0 fully saturated rings. The van der Waals surface area contributed by atoms with Gasteiger partial charge in [0.05, 0.1) is 0 Å². The summed E-state index contributed by atoms with van der Waals surface area (Å²) in [4.78, 5) is 14.5. The molecule has 0 amide bonds. The summed E-state index contributed by atoms with van der Waals surface area (Å²) in [6.45, 7) is 0. The second kappa shape index (κ2) is 9.54. The van der Waals surface area contributed by atoms with Crippen LogP contribution in [0.25, 0.3) is 78.0 Å². The number of benzene rings is 6. The van der Waals surface area contributed by atoms with Crippen molar-refractivity contribution in [3.63, 3.8) is 0 Å². The predicted molar refractivity (Wildman–Crippen MR) is 166 cm³/mol. The number of hydrogen-bond donors (Lipinski definition) is 0. The van der Waals surface area contributed by atoms with Crippen molar-refractivity contribution in [1.29, 1.82) is 0 Å². The molecular weight excluding hydrogens is 502 g/mol. The fourth-order valence-electron chi connectivity index (χ4n) is 5.48. The Labute approximate surface area is 236 Å². The normalized spacial score (nSPS) is 11.4. The lowest BCUT2D eigenvalue weighted by atomic mass is 9.98. The van der Waals surface area contributed by atoms with Gasteiger partial charge >= 0.3 is 0 Å². The van der Waals surface area contributed by atoms with Gasteiger partial charge in [0.25, 0.3) is 0 Å². The lowest BCUT2D eigenvalue weighted by molar-refractivity contribution is 0.669. The van der Waals surface area contributed by atoms with E-state index in [2.05, 4.69) is 66.7 Å². The van der Waals surface area contributed by atoms with Crippen LogP contribution in [0.3, 0.4) is 0 Å². The zero-order valence-corrected chi connectivity index (χ0v) is 22.0. The second-order valence-corrected chi connectivity index (χ2v) is 10.1. The molecule has 0 saturated carbocycles. The molecule has 0 saturated heterocycles. The molecule has 0 unspecified atom stereocenters. The first-order valence-electron chi connectivity index (χ1n) is 13.6. The third-order valence-electron chi connectivity index (χ3n) is 7.53. The molecule has 6 aromatic carbocycles. The summed E-state index contributed by atoms with van der Waals surface area (Å²) in [7, 11) is 0. The molecule has 4 nitrogen and oxygen atoms in total. The van der Waals surface area contributed by atoms with Crippen LogP contribution in [0.4, 0.5) is 0 Å². The van der Waals surface area contributed by atoms with Gasteiger partial charge in [-0.1, -0.05) is 121 Å². The molecule has 8 rings (SSSR count). The molecule has 0 aliphatic heterocycles. The van der Waals surface area contributed by atoms with Gasteiger partial charge in [0.1, 0.15) is 11.2 Å². The van der Waals surface area contributed by atoms with Crippen LogP contribution in [0.2, 0.25) is 0 Å². The van der Waals surface area contributed by atoms with E-state index in [0.29, 0.717) is 17.5 Å². The van der Waals surface area contributed by atoms with Crippen LogP contribution in [-0.2, 0) is 0 Å². The quantitative estimate of drug-likeness (QED) is 0.230. The Morgan fingerprint density at radius 2 is 0.902 bits per heavy atom. The zero-order chi connectivity index (χ0) is 27.2. The smallest absolute Gasteiger partial charge is 0.164 e. The Kier molecular flexibility index (Phi) is 5.42. The third kappa shape index (κ3) is 4.14. The number of para-hydroxylation sites is 1. The number of furan rings is 1. The fourth-order valence-corrected chi connectivity index (χ4v) is 5.48. The molecule has 0 aliphatic rings. The Morgan fingerprint density at radius 3 is 1.56 bits per heavy atom. The van der Waals surface area contributed by atoms with Crippen LogP contribution < -0.4 is 0 Å². The molecule has 0 atom stereocenters. The highest BCUT2D eigenvalue weighted by Gasteiger charge is 2.13. The Balaban J connectivity index is 1.19. The second-order valence-electron chi connectivity index (χ2n) is 10.1. The van der Waals surface area contributed by atoms with Gasteiger partial charge in [0.2, 0.25) is 0 Å². The first-order valence-corrected chi connectivity index (χ1v) is 13.6. The molecule has 0 radical (unpaired) electrons. The van der Waals surface area contributed by atoms with Crippen molar-refractivity contribution in [2.75, 3.05) is 0 Å². The minimum atomic E-state index is 0.650. The van der Waals surface area contributed by atoms with Crippen LogP contribution in [0.5, 0.6) is 0 Å². The lowest BCUT2D eigenvalue weighted by Gasteiger charge is -2.09. The first-order chi connectivity index (χ1) is 20.3. The van der Waals surface area contributed by atoms with Crippen LogP contribution in [-0.4, -0.2) is 15.0 Å². The number of aromatic nitrogens is 3. The van der Waals surface area contributed by atoms with Gasteiger partial charge in [-0.15, -0.1) is 0 Å². The summed E-state index contributed by atoms with van der Waals surface area (Å²) in [5.41, 5.74) is 6.98. The predicted octanol–water partition coefficient (Wildman–Crippen LogP) is 9.59. The van der Waals surface area contributed by atoms with Crippen molar-refractivity contribution in [2.45, 2.75) is 0 Å². The summed E-state index contributed by atoms with van der Waals surface area (Å²) >= 11 is 0. The monoisotopic (exact) mass is 525 g/mol. The van der Waals surface area contributed by atoms with E-state index in [1.54, 1.807) is 0 Å². The van der Waals surface area contributed by atoms with Gasteiger partial charge in [0, 0.05) is 27.5 Å². The molecule has 0 bridgehead atoms. The van der Waals surface area contributed by atoms with Crippen LogP contribution in [0, 0.1) is 0 Å². The molecule has 2 aromatic heterocycles. The number of nitrogens with zero attached hydrogens (tertiary/aromatic N) is 3. The maximum Gasteiger partial charge on any atom is 0.164 e. The van der Waals surface area contributed by atoms with E-state index in [0.717, 1.165) is 44.4 Å². The minimum Gasteiger partial charge on any atom is -0.456 e. The Hall–Kier alpha value is -5.61. The molecule has 0 aliphatic carbocycles. The van der Waals surface area contributed by atoms with Crippen molar-refractivity contribution in [3.05, 3.63) is 140 Å². The summed E-state index contributed by atoms with van der Waals surface area (Å²) in [5.74, 6) is 1.97. The minimum absolute atomic E-state index is 0.650. The van der Waals surface area contributed by atoms with Gasteiger partial charge < -0.3 is 4.42 Å². The van der Waals surface area contributed by atoms with Gasteiger partial charge in [-0.05, 0) is 40.1 Å². The van der Waals surface area contributed by atoms with Gasteiger partial charge in [-0.25, -0.2) is 15.0 Å². The highest BCUT2D eigenvalue weighted by atomic mass is 16.3. The number of hydrogen-bond acceptors (Lipinski definition) is 4. The van der Waals surface area contributed by atoms with Crippen molar-refractivity contribution < 1.29 is 4.42 Å². The van der Waals surface area contributed by atoms with E-state index in [-0.39, 0.29) is 0 Å². The maximum atomic E-state index is 6.09. The van der Waals surface area contributed by atoms with E-state index in [4.69, 9.17) is 19.4 Å². The van der Waals surface area contributed by atoms with Gasteiger partial charge in [-0.3, -0.25) is 0 Å². The van der Waals surface area contributed by atoms with E-state index < -0.39 is 0 Å². The van der Waals surface area contributed by atoms with Gasteiger partial charge in [-0.2, -0.15) is 0 Å². The van der Waals surface area contributed by atoms with E-state index in [1.807, 2.05) is 72.8 Å². The first kappa shape index (κ1) is 23.3. The Bertz CT molecular complexity index is 2130. The van der Waals surface area contributed by atoms with Crippen LogP contribution in [0.1, 0.15) is 0 Å². The maximum absolute atomic E-state index is 6.09. The number of rotatable bonds is 4. The largest absolute Gasteiger partial charge is 0.456 e.